The summed E-state index contributed by atoms with van der Waals surface area (Å²) < 4.78 is 6.97. The van der Waals surface area contributed by atoms with Crippen LogP contribution in [0.25, 0.3) is 22.2 Å². The zero-order valence-corrected chi connectivity index (χ0v) is 16.4. The largest absolute Gasteiger partial charge is 0.465 e. The summed E-state index contributed by atoms with van der Waals surface area (Å²) in [5, 5.41) is 4.05. The molecule has 6 nitrogen and oxygen atoms in total. The van der Waals surface area contributed by atoms with Gasteiger partial charge in [-0.15, -0.1) is 0 Å². The molecule has 0 atom stereocenters. The number of rotatable bonds is 2. The number of aromatic nitrogens is 2. The van der Waals surface area contributed by atoms with Gasteiger partial charge in [-0.05, 0) is 48.6 Å². The van der Waals surface area contributed by atoms with E-state index in [1.165, 1.54) is 31.9 Å². The predicted molar refractivity (Wildman–Crippen MR) is 111 cm³/mol. The van der Waals surface area contributed by atoms with Gasteiger partial charge in [-0.3, -0.25) is 4.79 Å². The normalized spacial score (nSPS) is 16.7. The average molecular weight is 389 g/mol. The molecule has 1 aromatic carbocycles. The average Bonchev–Trinajstić information content (AvgIpc) is 2.98. The minimum Gasteiger partial charge on any atom is -0.465 e. The van der Waals surface area contributed by atoms with Crippen LogP contribution in [0.5, 0.6) is 0 Å². The molecule has 0 radical (unpaired) electrons. The van der Waals surface area contributed by atoms with Gasteiger partial charge in [-0.1, -0.05) is 25.3 Å². The topological polar surface area (TPSA) is 73.2 Å². The number of hydrogen-bond donors (Lipinski definition) is 1. The maximum absolute atomic E-state index is 12.6. The number of nitrogens with one attached hydrogen (secondary N) is 1. The molecule has 0 bridgehead atoms. The second-order valence-corrected chi connectivity index (χ2v) is 7.85. The highest BCUT2D eigenvalue weighted by molar-refractivity contribution is 6.04. The van der Waals surface area contributed by atoms with E-state index in [-0.39, 0.29) is 18.4 Å². The summed E-state index contributed by atoms with van der Waals surface area (Å²) in [4.78, 5) is 29.2. The summed E-state index contributed by atoms with van der Waals surface area (Å²) in [6, 6.07) is 9.62. The first-order valence-corrected chi connectivity index (χ1v) is 10.2. The molecule has 1 N–H and O–H groups in total. The number of benzene rings is 1. The number of ether oxygens (including phenoxy) is 1. The number of carbonyl (C=O) groups excluding carboxylic acids is 2. The van der Waals surface area contributed by atoms with Crippen LogP contribution in [0.1, 0.15) is 53.9 Å². The molecule has 6 heteroatoms. The Morgan fingerprint density at radius 2 is 2.03 bits per heavy atom. The molecule has 1 aliphatic heterocycles. The lowest BCUT2D eigenvalue weighted by Gasteiger charge is -2.23. The minimum atomic E-state index is -0.373. The summed E-state index contributed by atoms with van der Waals surface area (Å²) in [7, 11) is 1.38. The summed E-state index contributed by atoms with van der Waals surface area (Å²) in [5.74, 6) is 0.554. The van der Waals surface area contributed by atoms with Gasteiger partial charge < -0.3 is 14.6 Å². The number of esters is 1. The van der Waals surface area contributed by atoms with Crippen molar-refractivity contribution >= 4 is 28.6 Å². The molecule has 29 heavy (non-hydrogen) atoms. The summed E-state index contributed by atoms with van der Waals surface area (Å²) in [6.07, 6.45) is 7.69. The second-order valence-electron chi connectivity index (χ2n) is 7.85. The van der Waals surface area contributed by atoms with Gasteiger partial charge in [-0.25, -0.2) is 9.78 Å². The van der Waals surface area contributed by atoms with Gasteiger partial charge in [-0.2, -0.15) is 0 Å². The zero-order chi connectivity index (χ0) is 20.0. The lowest BCUT2D eigenvalue weighted by molar-refractivity contribution is -0.116. The molecule has 0 spiro atoms. The first-order chi connectivity index (χ1) is 14.2. The Morgan fingerprint density at radius 1 is 1.21 bits per heavy atom. The smallest absolute Gasteiger partial charge is 0.337 e. The van der Waals surface area contributed by atoms with E-state index >= 15 is 0 Å². The van der Waals surface area contributed by atoms with Crippen molar-refractivity contribution in [1.82, 2.24) is 9.55 Å². The molecule has 2 aromatic heterocycles. The summed E-state index contributed by atoms with van der Waals surface area (Å²) >= 11 is 0. The molecule has 0 saturated heterocycles. The SMILES string of the molecule is COC(=O)c1ccc2c(C3CCCCC3)c3n(c2c1)CC(=O)Nc1ncccc1-3. The van der Waals surface area contributed by atoms with E-state index in [1.807, 2.05) is 30.3 Å². The number of amides is 1. The Bertz CT molecular complexity index is 1130. The monoisotopic (exact) mass is 389 g/mol. The Balaban J connectivity index is 1.84. The fraction of sp³-hybridized carbons (Fsp3) is 0.348. The first-order valence-electron chi connectivity index (χ1n) is 10.2. The Labute approximate surface area is 168 Å². The van der Waals surface area contributed by atoms with Gasteiger partial charge in [0.15, 0.2) is 0 Å². The molecule has 1 saturated carbocycles. The van der Waals surface area contributed by atoms with Crippen molar-refractivity contribution in [2.45, 2.75) is 44.6 Å². The van der Waals surface area contributed by atoms with E-state index in [0.717, 1.165) is 35.0 Å². The fourth-order valence-electron chi connectivity index (χ4n) is 4.89. The highest BCUT2D eigenvalue weighted by Gasteiger charge is 2.30. The highest BCUT2D eigenvalue weighted by atomic mass is 16.5. The molecule has 0 unspecified atom stereocenters. The molecular weight excluding hydrogens is 366 g/mol. The third kappa shape index (κ3) is 2.90. The number of nitrogens with zero attached hydrogens (tertiary/aromatic N) is 2. The van der Waals surface area contributed by atoms with E-state index in [2.05, 4.69) is 14.9 Å². The number of anilines is 1. The van der Waals surface area contributed by atoms with E-state index < -0.39 is 0 Å². The summed E-state index contributed by atoms with van der Waals surface area (Å²) in [5.41, 5.74) is 4.66. The van der Waals surface area contributed by atoms with Crippen LogP contribution in [-0.4, -0.2) is 28.5 Å². The maximum atomic E-state index is 12.6. The van der Waals surface area contributed by atoms with Crippen LogP contribution in [0.4, 0.5) is 5.82 Å². The van der Waals surface area contributed by atoms with E-state index in [0.29, 0.717) is 17.3 Å². The number of carbonyl (C=O) groups is 2. The van der Waals surface area contributed by atoms with Crippen LogP contribution in [0, 0.1) is 0 Å². The van der Waals surface area contributed by atoms with Crippen LogP contribution in [0.3, 0.4) is 0 Å². The van der Waals surface area contributed by atoms with Gasteiger partial charge in [0.2, 0.25) is 5.91 Å². The van der Waals surface area contributed by atoms with Crippen molar-refractivity contribution in [2.24, 2.45) is 0 Å². The fourth-order valence-corrected chi connectivity index (χ4v) is 4.89. The van der Waals surface area contributed by atoms with E-state index in [1.54, 1.807) is 6.20 Å². The highest BCUT2D eigenvalue weighted by Crippen LogP contribution is 2.46. The quantitative estimate of drug-likeness (QED) is 0.656. The Morgan fingerprint density at radius 3 is 2.83 bits per heavy atom. The number of pyridine rings is 1. The molecule has 3 heterocycles. The molecule has 1 aliphatic carbocycles. The van der Waals surface area contributed by atoms with E-state index in [9.17, 15) is 9.59 Å². The van der Waals surface area contributed by atoms with Crippen molar-refractivity contribution < 1.29 is 14.3 Å². The molecule has 5 rings (SSSR count). The van der Waals surface area contributed by atoms with E-state index in [4.69, 9.17) is 4.74 Å². The second kappa shape index (κ2) is 7.03. The van der Waals surface area contributed by atoms with Gasteiger partial charge in [0.1, 0.15) is 12.4 Å². The van der Waals surface area contributed by atoms with Crippen molar-refractivity contribution in [3.63, 3.8) is 0 Å². The molecule has 1 amide bonds. The van der Waals surface area contributed by atoms with Crippen LogP contribution >= 0.6 is 0 Å². The first kappa shape index (κ1) is 17.9. The zero-order valence-electron chi connectivity index (χ0n) is 16.4. The maximum Gasteiger partial charge on any atom is 0.337 e. The van der Waals surface area contributed by atoms with Gasteiger partial charge in [0.05, 0.1) is 23.9 Å². The molecular formula is C23H23N3O3. The number of fused-ring (bicyclic) bond motifs is 5. The Kier molecular flexibility index (Phi) is 4.34. The third-order valence-corrected chi connectivity index (χ3v) is 6.16. The van der Waals surface area contributed by atoms with Crippen LogP contribution in [0.2, 0.25) is 0 Å². The van der Waals surface area contributed by atoms with Crippen molar-refractivity contribution in [3.05, 3.63) is 47.7 Å². The lowest BCUT2D eigenvalue weighted by Crippen LogP contribution is -2.17. The lowest BCUT2D eigenvalue weighted by atomic mass is 9.82. The third-order valence-electron chi connectivity index (χ3n) is 6.16. The predicted octanol–water partition coefficient (Wildman–Crippen LogP) is 4.49. The minimum absolute atomic E-state index is 0.112. The molecule has 148 valence electrons. The van der Waals surface area contributed by atoms with Gasteiger partial charge >= 0.3 is 5.97 Å². The van der Waals surface area contributed by atoms with Gasteiger partial charge in [0, 0.05) is 17.1 Å². The van der Waals surface area contributed by atoms with Gasteiger partial charge in [0.25, 0.3) is 0 Å². The van der Waals surface area contributed by atoms with Crippen molar-refractivity contribution in [3.8, 4) is 11.3 Å². The van der Waals surface area contributed by atoms with Crippen LogP contribution < -0.4 is 5.32 Å². The van der Waals surface area contributed by atoms with Crippen molar-refractivity contribution in [1.29, 1.82) is 0 Å². The number of hydrogen-bond acceptors (Lipinski definition) is 4. The molecule has 1 fully saturated rings. The molecule has 2 aliphatic rings. The van der Waals surface area contributed by atoms with Crippen LogP contribution in [0.15, 0.2) is 36.5 Å². The number of methoxy groups -OCH3 is 1. The summed E-state index contributed by atoms with van der Waals surface area (Å²) in [6.45, 7) is 0.194. The molecule has 3 aromatic rings. The van der Waals surface area contributed by atoms with Crippen molar-refractivity contribution in [2.75, 3.05) is 12.4 Å². The Hall–Kier alpha value is -3.15. The standard InChI is InChI=1S/C23H23N3O3/c1-29-23(28)15-9-10-16-18(12-15)26-13-19(27)25-22-17(8-5-11-24-22)21(26)20(16)14-6-3-2-4-7-14/h5,8-12,14H,2-4,6-7,13H2,1H3,(H,24,25,27). The van der Waals surface area contributed by atoms with Crippen LogP contribution in [-0.2, 0) is 16.1 Å².